The molecule has 1 amide bonds. The lowest BCUT2D eigenvalue weighted by molar-refractivity contribution is -0.130. The number of hydrazone groups is 1. The molecule has 5 rings (SSSR count). The van der Waals surface area contributed by atoms with Crippen molar-refractivity contribution in [1.82, 2.24) is 15.2 Å². The highest BCUT2D eigenvalue weighted by Crippen LogP contribution is 2.34. The van der Waals surface area contributed by atoms with Crippen molar-refractivity contribution in [3.05, 3.63) is 101 Å². The zero-order chi connectivity index (χ0) is 22.6. The van der Waals surface area contributed by atoms with Crippen molar-refractivity contribution in [2.75, 3.05) is 5.75 Å². The van der Waals surface area contributed by atoms with Gasteiger partial charge >= 0.3 is 0 Å². The standard InChI is InChI=1S/C25H22N4O3S/c1-17-9-11-19(12-10-17)20-15-21(22-8-5-13-31-22)29(28-20)24(30)16-33-25-27-26-23(32-25)14-18-6-3-2-4-7-18/h2-13,21H,14-16H2,1H3/t21-/m1/s1. The Morgan fingerprint density at radius 2 is 1.88 bits per heavy atom. The largest absolute Gasteiger partial charge is 0.467 e. The van der Waals surface area contributed by atoms with Crippen LogP contribution >= 0.6 is 11.8 Å². The number of aromatic nitrogens is 2. The summed E-state index contributed by atoms with van der Waals surface area (Å²) in [7, 11) is 0. The lowest BCUT2D eigenvalue weighted by atomic mass is 10.0. The molecule has 0 saturated heterocycles. The van der Waals surface area contributed by atoms with Crippen molar-refractivity contribution in [3.63, 3.8) is 0 Å². The maximum atomic E-state index is 13.1. The van der Waals surface area contributed by atoms with Gasteiger partial charge in [0.1, 0.15) is 11.8 Å². The summed E-state index contributed by atoms with van der Waals surface area (Å²) in [4.78, 5) is 13.1. The predicted octanol–water partition coefficient (Wildman–Crippen LogP) is 5.03. The molecule has 0 radical (unpaired) electrons. The number of rotatable bonds is 7. The summed E-state index contributed by atoms with van der Waals surface area (Å²) in [5.74, 6) is 1.22. The highest BCUT2D eigenvalue weighted by molar-refractivity contribution is 7.99. The number of hydrogen-bond donors (Lipinski definition) is 0. The molecule has 0 N–H and O–H groups in total. The molecule has 7 nitrogen and oxygen atoms in total. The van der Waals surface area contributed by atoms with Crippen LogP contribution in [0.2, 0.25) is 0 Å². The molecule has 166 valence electrons. The van der Waals surface area contributed by atoms with Crippen molar-refractivity contribution < 1.29 is 13.6 Å². The van der Waals surface area contributed by atoms with E-state index in [1.807, 2.05) is 73.7 Å². The molecule has 0 bridgehead atoms. The molecule has 2 aromatic carbocycles. The maximum absolute atomic E-state index is 13.1. The number of carbonyl (C=O) groups excluding carboxylic acids is 1. The molecular weight excluding hydrogens is 436 g/mol. The van der Waals surface area contributed by atoms with Crippen LogP contribution in [-0.4, -0.2) is 32.6 Å². The normalized spacial score (nSPS) is 15.6. The predicted molar refractivity (Wildman–Crippen MR) is 125 cm³/mol. The van der Waals surface area contributed by atoms with Crippen LogP contribution in [0.15, 0.2) is 92.2 Å². The van der Waals surface area contributed by atoms with Gasteiger partial charge in [-0.15, -0.1) is 10.2 Å². The topological polar surface area (TPSA) is 84.7 Å². The summed E-state index contributed by atoms with van der Waals surface area (Å²) in [6.45, 7) is 2.04. The van der Waals surface area contributed by atoms with E-state index in [4.69, 9.17) is 8.83 Å². The number of benzene rings is 2. The Labute approximate surface area is 195 Å². The second-order valence-corrected chi connectivity index (χ2v) is 8.73. The first-order valence-corrected chi connectivity index (χ1v) is 11.6. The first-order chi connectivity index (χ1) is 16.2. The highest BCUT2D eigenvalue weighted by atomic mass is 32.2. The Kier molecular flexibility index (Phi) is 6.08. The number of carbonyl (C=O) groups is 1. The molecule has 0 aliphatic carbocycles. The van der Waals surface area contributed by atoms with E-state index in [1.54, 1.807) is 6.26 Å². The molecule has 0 unspecified atom stereocenters. The molecule has 0 saturated carbocycles. The number of nitrogens with zero attached hydrogens (tertiary/aromatic N) is 4. The monoisotopic (exact) mass is 458 g/mol. The minimum absolute atomic E-state index is 0.134. The van der Waals surface area contributed by atoms with Crippen LogP contribution in [0.1, 0.15) is 40.8 Å². The molecule has 1 aliphatic heterocycles. The van der Waals surface area contributed by atoms with Crippen molar-refractivity contribution in [2.45, 2.75) is 31.0 Å². The van der Waals surface area contributed by atoms with Gasteiger partial charge < -0.3 is 8.83 Å². The Morgan fingerprint density at radius 3 is 2.64 bits per heavy atom. The molecule has 0 spiro atoms. The molecule has 1 atom stereocenters. The minimum atomic E-state index is -0.277. The molecule has 33 heavy (non-hydrogen) atoms. The molecule has 0 fully saturated rings. The summed E-state index contributed by atoms with van der Waals surface area (Å²) in [5, 5.41) is 14.7. The average Bonchev–Trinajstić information content (AvgIpc) is 3.59. The second kappa shape index (κ2) is 9.46. The maximum Gasteiger partial charge on any atom is 0.277 e. The van der Waals surface area contributed by atoms with Gasteiger partial charge in [0.05, 0.1) is 24.1 Å². The lowest BCUT2D eigenvalue weighted by Crippen LogP contribution is -2.28. The Bertz CT molecular complexity index is 1250. The van der Waals surface area contributed by atoms with E-state index in [0.717, 1.165) is 16.8 Å². The van der Waals surface area contributed by atoms with Crippen LogP contribution in [0.4, 0.5) is 0 Å². The zero-order valence-electron chi connectivity index (χ0n) is 18.0. The Balaban J connectivity index is 1.28. The molecule has 4 aromatic rings. The van der Waals surface area contributed by atoms with Crippen molar-refractivity contribution >= 4 is 23.4 Å². The van der Waals surface area contributed by atoms with Gasteiger partial charge in [-0.05, 0) is 30.2 Å². The van der Waals surface area contributed by atoms with Crippen LogP contribution < -0.4 is 0 Å². The number of aryl methyl sites for hydroxylation is 1. The Morgan fingerprint density at radius 1 is 1.06 bits per heavy atom. The van der Waals surface area contributed by atoms with E-state index >= 15 is 0 Å². The van der Waals surface area contributed by atoms with Crippen LogP contribution in [0.5, 0.6) is 0 Å². The third-order valence-electron chi connectivity index (χ3n) is 5.39. The van der Waals surface area contributed by atoms with E-state index in [9.17, 15) is 4.79 Å². The first-order valence-electron chi connectivity index (χ1n) is 10.6. The van der Waals surface area contributed by atoms with Crippen LogP contribution in [0, 0.1) is 6.92 Å². The van der Waals surface area contributed by atoms with Crippen LogP contribution in [0.25, 0.3) is 0 Å². The highest BCUT2D eigenvalue weighted by Gasteiger charge is 2.35. The number of amides is 1. The van der Waals surface area contributed by atoms with Crippen LogP contribution in [-0.2, 0) is 11.2 Å². The fourth-order valence-corrected chi connectivity index (χ4v) is 4.32. The second-order valence-electron chi connectivity index (χ2n) is 7.80. The van der Waals surface area contributed by atoms with Gasteiger partial charge in [-0.3, -0.25) is 4.79 Å². The third-order valence-corrected chi connectivity index (χ3v) is 6.19. The van der Waals surface area contributed by atoms with Crippen molar-refractivity contribution in [1.29, 1.82) is 0 Å². The summed E-state index contributed by atoms with van der Waals surface area (Å²) in [5.41, 5.74) is 4.13. The molecule has 3 heterocycles. The fraction of sp³-hybridized carbons (Fsp3) is 0.200. The summed E-state index contributed by atoms with van der Waals surface area (Å²) >= 11 is 1.21. The van der Waals surface area contributed by atoms with E-state index in [0.29, 0.717) is 29.7 Å². The van der Waals surface area contributed by atoms with Gasteiger partial charge in [0.2, 0.25) is 5.89 Å². The van der Waals surface area contributed by atoms with Crippen LogP contribution in [0.3, 0.4) is 0 Å². The molecule has 2 aromatic heterocycles. The van der Waals surface area contributed by atoms with Gasteiger partial charge in [0, 0.05) is 6.42 Å². The zero-order valence-corrected chi connectivity index (χ0v) is 18.9. The lowest BCUT2D eigenvalue weighted by Gasteiger charge is -2.19. The SMILES string of the molecule is Cc1ccc(C2=NN(C(=O)CSc3nnc(Cc4ccccc4)o3)[C@@H](c3ccco3)C2)cc1. The number of furan rings is 1. The van der Waals surface area contributed by atoms with E-state index < -0.39 is 0 Å². The van der Waals surface area contributed by atoms with Gasteiger partial charge in [-0.2, -0.15) is 5.10 Å². The summed E-state index contributed by atoms with van der Waals surface area (Å²) < 4.78 is 11.3. The Hall–Kier alpha value is -3.65. The first kappa shape index (κ1) is 21.2. The van der Waals surface area contributed by atoms with Gasteiger partial charge in [-0.1, -0.05) is 71.9 Å². The average molecular weight is 459 g/mol. The quantitative estimate of drug-likeness (QED) is 0.361. The van der Waals surface area contributed by atoms with E-state index in [1.165, 1.54) is 22.3 Å². The molecular formula is C25H22N4O3S. The van der Waals surface area contributed by atoms with Crippen molar-refractivity contribution in [3.8, 4) is 0 Å². The van der Waals surface area contributed by atoms with Crippen molar-refractivity contribution in [2.24, 2.45) is 5.10 Å². The van der Waals surface area contributed by atoms with Gasteiger partial charge in [0.15, 0.2) is 0 Å². The van der Waals surface area contributed by atoms with E-state index in [2.05, 4.69) is 15.3 Å². The number of thioether (sulfide) groups is 1. The van der Waals surface area contributed by atoms with E-state index in [-0.39, 0.29) is 17.7 Å². The minimum Gasteiger partial charge on any atom is -0.467 e. The summed E-state index contributed by atoms with van der Waals surface area (Å²) in [6.07, 6.45) is 2.76. The smallest absolute Gasteiger partial charge is 0.277 e. The van der Waals surface area contributed by atoms with Gasteiger partial charge in [0.25, 0.3) is 11.1 Å². The summed E-state index contributed by atoms with van der Waals surface area (Å²) in [6, 6.07) is 21.5. The molecule has 1 aliphatic rings. The molecule has 8 heteroatoms. The third kappa shape index (κ3) is 4.90. The number of hydrogen-bond acceptors (Lipinski definition) is 7. The van der Waals surface area contributed by atoms with Gasteiger partial charge in [-0.25, -0.2) is 5.01 Å². The fourth-order valence-electron chi connectivity index (χ4n) is 3.69.